The Labute approximate surface area is 169 Å². The van der Waals surface area contributed by atoms with E-state index in [9.17, 15) is 4.79 Å². The van der Waals surface area contributed by atoms with Crippen molar-refractivity contribution in [3.63, 3.8) is 0 Å². The lowest BCUT2D eigenvalue weighted by Gasteiger charge is -2.15. The lowest BCUT2D eigenvalue weighted by molar-refractivity contribution is -0.115. The van der Waals surface area contributed by atoms with Crippen LogP contribution in [0.3, 0.4) is 0 Å². The van der Waals surface area contributed by atoms with Gasteiger partial charge >= 0.3 is 0 Å². The van der Waals surface area contributed by atoms with Crippen LogP contribution in [-0.4, -0.2) is 30.9 Å². The Morgan fingerprint density at radius 2 is 2.00 bits per heavy atom. The monoisotopic (exact) mass is 393 g/mol. The second-order valence-corrected chi connectivity index (χ2v) is 7.77. The maximum Gasteiger partial charge on any atom is 0.237 e. The highest BCUT2D eigenvalue weighted by atomic mass is 32.2. The molecule has 2 heterocycles. The number of anilines is 1. The molecule has 0 spiro atoms. The van der Waals surface area contributed by atoms with E-state index < -0.39 is 0 Å². The Balaban J connectivity index is 1.80. The molecular weight excluding hydrogens is 370 g/mol. The van der Waals surface area contributed by atoms with Crippen LogP contribution < -0.4 is 5.32 Å². The fourth-order valence-electron chi connectivity index (χ4n) is 2.83. The summed E-state index contributed by atoms with van der Waals surface area (Å²) in [5, 5.41) is 12.0. The lowest BCUT2D eigenvalue weighted by atomic mass is 10.1. The summed E-state index contributed by atoms with van der Waals surface area (Å²) in [4.78, 5) is 16.9. The van der Waals surface area contributed by atoms with E-state index in [1.54, 1.807) is 18.5 Å². The zero-order valence-corrected chi connectivity index (χ0v) is 17.0. The van der Waals surface area contributed by atoms with Gasteiger partial charge in [0.15, 0.2) is 11.0 Å². The molecule has 1 N–H and O–H groups in total. The highest BCUT2D eigenvalue weighted by Gasteiger charge is 2.21. The second-order valence-electron chi connectivity index (χ2n) is 6.46. The Morgan fingerprint density at radius 1 is 1.25 bits per heavy atom. The summed E-state index contributed by atoms with van der Waals surface area (Å²) in [7, 11) is 0. The van der Waals surface area contributed by atoms with Gasteiger partial charge in [-0.3, -0.25) is 14.3 Å². The van der Waals surface area contributed by atoms with Crippen molar-refractivity contribution in [2.24, 2.45) is 0 Å². The van der Waals surface area contributed by atoms with Gasteiger partial charge in [0, 0.05) is 30.2 Å². The van der Waals surface area contributed by atoms with E-state index in [-0.39, 0.29) is 11.2 Å². The summed E-state index contributed by atoms with van der Waals surface area (Å²) >= 11 is 1.37. The SMILES string of the molecule is C=CCn1c(S[C@@H](C)C(=O)Nc2c(C)cccc2C)nnc1-c1cccnc1. The number of rotatable bonds is 7. The Morgan fingerprint density at radius 3 is 2.64 bits per heavy atom. The molecule has 0 aliphatic carbocycles. The fourth-order valence-corrected chi connectivity index (χ4v) is 3.68. The number of aromatic nitrogens is 4. The maximum atomic E-state index is 12.7. The van der Waals surface area contributed by atoms with Gasteiger partial charge in [0.2, 0.25) is 5.91 Å². The summed E-state index contributed by atoms with van der Waals surface area (Å²) in [6.07, 6.45) is 5.25. The first-order valence-electron chi connectivity index (χ1n) is 8.99. The minimum Gasteiger partial charge on any atom is -0.325 e. The number of hydrogen-bond donors (Lipinski definition) is 1. The fraction of sp³-hybridized carbons (Fsp3) is 0.238. The molecule has 0 bridgehead atoms. The standard InChI is InChI=1S/C21H23N5OS/c1-5-12-26-19(17-10-7-11-22-13-17)24-25-21(26)28-16(4)20(27)23-18-14(2)8-6-9-15(18)3/h5-11,13,16H,1,12H2,2-4H3,(H,23,27)/t16-/m0/s1. The molecule has 1 amide bonds. The van der Waals surface area contributed by atoms with Crippen molar-refractivity contribution in [3.05, 3.63) is 66.5 Å². The number of nitrogens with zero attached hydrogens (tertiary/aromatic N) is 4. The molecule has 0 unspecified atom stereocenters. The van der Waals surface area contributed by atoms with Gasteiger partial charge < -0.3 is 5.32 Å². The molecular formula is C21H23N5OS. The minimum atomic E-state index is -0.339. The van der Waals surface area contributed by atoms with Gasteiger partial charge in [-0.05, 0) is 44.0 Å². The number of para-hydroxylation sites is 1. The first kappa shape index (κ1) is 19.8. The number of benzene rings is 1. The number of hydrogen-bond acceptors (Lipinski definition) is 5. The molecule has 0 fully saturated rings. The van der Waals surface area contributed by atoms with Crippen LogP contribution in [0.25, 0.3) is 11.4 Å². The topological polar surface area (TPSA) is 72.7 Å². The number of allylic oxidation sites excluding steroid dienone is 1. The van der Waals surface area contributed by atoms with Crippen molar-refractivity contribution in [1.29, 1.82) is 0 Å². The first-order valence-corrected chi connectivity index (χ1v) is 9.87. The van der Waals surface area contributed by atoms with E-state index in [1.807, 2.05) is 55.7 Å². The van der Waals surface area contributed by atoms with E-state index in [2.05, 4.69) is 27.1 Å². The normalized spacial score (nSPS) is 11.8. The molecule has 1 atom stereocenters. The van der Waals surface area contributed by atoms with Crippen LogP contribution in [0.1, 0.15) is 18.1 Å². The predicted octanol–water partition coefficient (Wildman–Crippen LogP) is 4.26. The summed E-state index contributed by atoms with van der Waals surface area (Å²) in [6, 6.07) is 9.75. The van der Waals surface area contributed by atoms with Crippen LogP contribution in [0, 0.1) is 13.8 Å². The van der Waals surface area contributed by atoms with Crippen molar-refractivity contribution < 1.29 is 4.79 Å². The first-order chi connectivity index (χ1) is 13.5. The van der Waals surface area contributed by atoms with Crippen LogP contribution in [0.2, 0.25) is 0 Å². The highest BCUT2D eigenvalue weighted by molar-refractivity contribution is 8.00. The van der Waals surface area contributed by atoms with E-state index in [0.717, 1.165) is 22.4 Å². The van der Waals surface area contributed by atoms with Gasteiger partial charge in [-0.1, -0.05) is 36.0 Å². The smallest absolute Gasteiger partial charge is 0.237 e. The third-order valence-electron chi connectivity index (χ3n) is 4.33. The molecule has 144 valence electrons. The average molecular weight is 394 g/mol. The number of thioether (sulfide) groups is 1. The van der Waals surface area contributed by atoms with Crippen molar-refractivity contribution >= 4 is 23.4 Å². The number of aryl methyl sites for hydroxylation is 2. The summed E-state index contributed by atoms with van der Waals surface area (Å²) in [6.45, 7) is 10.2. The zero-order valence-electron chi connectivity index (χ0n) is 16.2. The second kappa shape index (κ2) is 8.84. The molecule has 0 saturated carbocycles. The number of carbonyl (C=O) groups excluding carboxylic acids is 1. The van der Waals surface area contributed by atoms with Crippen molar-refractivity contribution in [2.45, 2.75) is 37.7 Å². The zero-order chi connectivity index (χ0) is 20.1. The van der Waals surface area contributed by atoms with Crippen LogP contribution in [0.15, 0.2) is 60.5 Å². The third-order valence-corrected chi connectivity index (χ3v) is 5.41. The van der Waals surface area contributed by atoms with Crippen LogP contribution in [-0.2, 0) is 11.3 Å². The van der Waals surface area contributed by atoms with E-state index in [0.29, 0.717) is 17.5 Å². The number of amides is 1. The molecule has 0 aliphatic heterocycles. The van der Waals surface area contributed by atoms with Gasteiger partial charge in [-0.2, -0.15) is 0 Å². The quantitative estimate of drug-likeness (QED) is 0.480. The third kappa shape index (κ3) is 4.31. The van der Waals surface area contributed by atoms with Gasteiger partial charge in [0.25, 0.3) is 0 Å². The van der Waals surface area contributed by atoms with E-state index >= 15 is 0 Å². The van der Waals surface area contributed by atoms with Crippen LogP contribution in [0.5, 0.6) is 0 Å². The molecule has 0 saturated heterocycles. The molecule has 0 radical (unpaired) electrons. The summed E-state index contributed by atoms with van der Waals surface area (Å²) in [5.41, 5.74) is 3.82. The summed E-state index contributed by atoms with van der Waals surface area (Å²) in [5.74, 6) is 0.635. The Hall–Kier alpha value is -2.93. The molecule has 1 aromatic carbocycles. The van der Waals surface area contributed by atoms with E-state index in [4.69, 9.17) is 0 Å². The number of nitrogens with one attached hydrogen (secondary N) is 1. The van der Waals surface area contributed by atoms with Crippen molar-refractivity contribution in [1.82, 2.24) is 19.7 Å². The van der Waals surface area contributed by atoms with E-state index in [1.165, 1.54) is 11.8 Å². The minimum absolute atomic E-state index is 0.0709. The molecule has 3 rings (SSSR count). The predicted molar refractivity (Wildman–Crippen MR) is 113 cm³/mol. The summed E-state index contributed by atoms with van der Waals surface area (Å²) < 4.78 is 1.94. The molecule has 7 heteroatoms. The molecule has 28 heavy (non-hydrogen) atoms. The lowest BCUT2D eigenvalue weighted by Crippen LogP contribution is -2.24. The Kier molecular flexibility index (Phi) is 6.26. The van der Waals surface area contributed by atoms with Gasteiger partial charge in [0.1, 0.15) is 0 Å². The molecule has 0 aliphatic rings. The molecule has 2 aromatic heterocycles. The van der Waals surface area contributed by atoms with Gasteiger partial charge in [0.05, 0.1) is 5.25 Å². The molecule has 3 aromatic rings. The van der Waals surface area contributed by atoms with Gasteiger partial charge in [-0.15, -0.1) is 16.8 Å². The number of carbonyl (C=O) groups is 1. The van der Waals surface area contributed by atoms with Gasteiger partial charge in [-0.25, -0.2) is 0 Å². The average Bonchev–Trinajstić information content (AvgIpc) is 3.08. The largest absolute Gasteiger partial charge is 0.325 e. The van der Waals surface area contributed by atoms with Crippen LogP contribution >= 0.6 is 11.8 Å². The highest BCUT2D eigenvalue weighted by Crippen LogP contribution is 2.28. The van der Waals surface area contributed by atoms with Crippen molar-refractivity contribution in [3.8, 4) is 11.4 Å². The Bertz CT molecular complexity index is 963. The maximum absolute atomic E-state index is 12.7. The van der Waals surface area contributed by atoms with Crippen molar-refractivity contribution in [2.75, 3.05) is 5.32 Å². The van der Waals surface area contributed by atoms with Crippen LogP contribution in [0.4, 0.5) is 5.69 Å². The number of pyridine rings is 1. The molecule has 6 nitrogen and oxygen atoms in total.